The highest BCUT2D eigenvalue weighted by atomic mass is 35.5. The van der Waals surface area contributed by atoms with Crippen LogP contribution in [0.1, 0.15) is 25.1 Å². The van der Waals surface area contributed by atoms with Crippen molar-refractivity contribution in [3.8, 4) is 0 Å². The fraction of sp³-hybridized carbons (Fsp3) is 0.600. The van der Waals surface area contributed by atoms with Crippen molar-refractivity contribution in [2.45, 2.75) is 26.7 Å². The van der Waals surface area contributed by atoms with Crippen molar-refractivity contribution in [2.75, 3.05) is 6.54 Å². The number of aryl methyl sites for hydroxylation is 1. The van der Waals surface area contributed by atoms with Crippen LogP contribution in [0.25, 0.3) is 0 Å². The first-order valence-corrected chi connectivity index (χ1v) is 5.67. The normalized spacial score (nSPS) is 12.0. The van der Waals surface area contributed by atoms with Crippen molar-refractivity contribution in [3.63, 3.8) is 0 Å². The minimum atomic E-state index is 0.246. The van der Waals surface area contributed by atoms with Crippen molar-refractivity contribution in [1.82, 2.24) is 0 Å². The lowest BCUT2D eigenvalue weighted by molar-refractivity contribution is 0.349. The van der Waals surface area contributed by atoms with Gasteiger partial charge in [-0.05, 0) is 36.9 Å². The first-order valence-electron chi connectivity index (χ1n) is 4.48. The summed E-state index contributed by atoms with van der Waals surface area (Å²) >= 11 is 7.50. The standard InChI is InChI=1S/C10H16ClNS/c1-10(2,7-12)6-5-8-3-4-9(11)13-8/h3-4H,5-7,12H2,1-2H3. The molecule has 0 atom stereocenters. The van der Waals surface area contributed by atoms with Crippen molar-refractivity contribution in [3.05, 3.63) is 21.3 Å². The fourth-order valence-corrected chi connectivity index (χ4v) is 2.14. The highest BCUT2D eigenvalue weighted by Crippen LogP contribution is 2.26. The average Bonchev–Trinajstić information content (AvgIpc) is 2.48. The molecule has 0 unspecified atom stereocenters. The van der Waals surface area contributed by atoms with Crippen molar-refractivity contribution >= 4 is 22.9 Å². The van der Waals surface area contributed by atoms with E-state index < -0.39 is 0 Å². The van der Waals surface area contributed by atoms with Crippen LogP contribution in [0.15, 0.2) is 12.1 Å². The molecule has 1 aromatic rings. The van der Waals surface area contributed by atoms with Crippen LogP contribution in [0.5, 0.6) is 0 Å². The molecule has 0 aromatic carbocycles. The van der Waals surface area contributed by atoms with Crippen LogP contribution in [-0.4, -0.2) is 6.54 Å². The molecule has 1 nitrogen and oxygen atoms in total. The van der Waals surface area contributed by atoms with Crippen molar-refractivity contribution in [1.29, 1.82) is 0 Å². The molecule has 0 amide bonds. The van der Waals surface area contributed by atoms with Gasteiger partial charge in [0, 0.05) is 4.88 Å². The van der Waals surface area contributed by atoms with Gasteiger partial charge in [-0.1, -0.05) is 25.4 Å². The molecule has 0 radical (unpaired) electrons. The van der Waals surface area contributed by atoms with E-state index in [-0.39, 0.29) is 5.41 Å². The quantitative estimate of drug-likeness (QED) is 0.823. The van der Waals surface area contributed by atoms with Crippen LogP contribution >= 0.6 is 22.9 Å². The van der Waals surface area contributed by atoms with Crippen LogP contribution in [-0.2, 0) is 6.42 Å². The minimum absolute atomic E-state index is 0.246. The Morgan fingerprint density at radius 3 is 2.62 bits per heavy atom. The monoisotopic (exact) mass is 217 g/mol. The number of thiophene rings is 1. The number of rotatable bonds is 4. The molecule has 1 rings (SSSR count). The molecule has 1 heterocycles. The maximum absolute atomic E-state index is 5.84. The summed E-state index contributed by atoms with van der Waals surface area (Å²) < 4.78 is 0.876. The molecule has 0 aliphatic heterocycles. The molecule has 3 heteroatoms. The Bertz CT molecular complexity index is 268. The van der Waals surface area contributed by atoms with Crippen molar-refractivity contribution < 1.29 is 0 Å². The molecule has 0 fully saturated rings. The van der Waals surface area contributed by atoms with Crippen LogP contribution in [0.4, 0.5) is 0 Å². The Balaban J connectivity index is 2.43. The summed E-state index contributed by atoms with van der Waals surface area (Å²) in [7, 11) is 0. The minimum Gasteiger partial charge on any atom is -0.330 e. The molecule has 0 aliphatic carbocycles. The number of nitrogens with two attached hydrogens (primary N) is 1. The molecule has 74 valence electrons. The Labute approximate surface area is 88.9 Å². The third-order valence-electron chi connectivity index (χ3n) is 2.23. The number of halogens is 1. The Morgan fingerprint density at radius 2 is 2.15 bits per heavy atom. The lowest BCUT2D eigenvalue weighted by Crippen LogP contribution is -2.23. The molecule has 0 bridgehead atoms. The smallest absolute Gasteiger partial charge is 0.0931 e. The average molecular weight is 218 g/mol. The summed E-state index contributed by atoms with van der Waals surface area (Å²) in [4.78, 5) is 1.35. The second-order valence-electron chi connectivity index (χ2n) is 4.07. The number of hydrogen-bond acceptors (Lipinski definition) is 2. The Hall–Kier alpha value is -0.0500. The molecule has 0 aliphatic rings. The lowest BCUT2D eigenvalue weighted by Gasteiger charge is -2.21. The van der Waals surface area contributed by atoms with Crippen LogP contribution < -0.4 is 5.73 Å². The molecule has 2 N–H and O–H groups in total. The van der Waals surface area contributed by atoms with Gasteiger partial charge >= 0.3 is 0 Å². The maximum Gasteiger partial charge on any atom is 0.0931 e. The summed E-state index contributed by atoms with van der Waals surface area (Å²) in [5.41, 5.74) is 5.90. The Morgan fingerprint density at radius 1 is 1.46 bits per heavy atom. The van der Waals surface area contributed by atoms with E-state index in [2.05, 4.69) is 19.9 Å². The van der Waals surface area contributed by atoms with E-state index in [1.54, 1.807) is 11.3 Å². The highest BCUT2D eigenvalue weighted by Gasteiger charge is 2.15. The van der Waals surface area contributed by atoms with Gasteiger partial charge in [-0.25, -0.2) is 0 Å². The van der Waals surface area contributed by atoms with Gasteiger partial charge in [0.1, 0.15) is 0 Å². The van der Waals surface area contributed by atoms with Gasteiger partial charge in [0.15, 0.2) is 0 Å². The van der Waals surface area contributed by atoms with Gasteiger partial charge in [-0.2, -0.15) is 0 Å². The van der Waals surface area contributed by atoms with E-state index in [1.807, 2.05) is 6.07 Å². The van der Waals surface area contributed by atoms with Crippen molar-refractivity contribution in [2.24, 2.45) is 11.1 Å². The second kappa shape index (κ2) is 4.45. The summed E-state index contributed by atoms with van der Waals surface area (Å²) in [6.07, 6.45) is 2.21. The molecule has 0 spiro atoms. The van der Waals surface area contributed by atoms with Gasteiger partial charge in [0.05, 0.1) is 4.34 Å². The van der Waals surface area contributed by atoms with Gasteiger partial charge in [-0.3, -0.25) is 0 Å². The molecule has 0 saturated carbocycles. The zero-order valence-corrected chi connectivity index (χ0v) is 9.71. The summed E-state index contributed by atoms with van der Waals surface area (Å²) in [5.74, 6) is 0. The third kappa shape index (κ3) is 3.67. The zero-order chi connectivity index (χ0) is 9.90. The van der Waals surface area contributed by atoms with E-state index in [0.717, 1.165) is 23.7 Å². The summed E-state index contributed by atoms with van der Waals surface area (Å²) in [6.45, 7) is 5.14. The topological polar surface area (TPSA) is 26.0 Å². The van der Waals surface area contributed by atoms with Gasteiger partial charge < -0.3 is 5.73 Å². The van der Waals surface area contributed by atoms with Crippen LogP contribution in [0, 0.1) is 5.41 Å². The predicted molar refractivity (Wildman–Crippen MR) is 60.5 cm³/mol. The SMILES string of the molecule is CC(C)(CN)CCc1ccc(Cl)s1. The van der Waals surface area contributed by atoms with E-state index >= 15 is 0 Å². The molecular formula is C10H16ClNS. The van der Waals surface area contributed by atoms with E-state index in [0.29, 0.717) is 0 Å². The van der Waals surface area contributed by atoms with E-state index in [4.69, 9.17) is 17.3 Å². The largest absolute Gasteiger partial charge is 0.330 e. The van der Waals surface area contributed by atoms with E-state index in [1.165, 1.54) is 4.88 Å². The summed E-state index contributed by atoms with van der Waals surface area (Å²) in [6, 6.07) is 4.05. The van der Waals surface area contributed by atoms with Crippen LogP contribution in [0.2, 0.25) is 4.34 Å². The second-order valence-corrected chi connectivity index (χ2v) is 5.87. The summed E-state index contributed by atoms with van der Waals surface area (Å²) in [5, 5.41) is 0. The zero-order valence-electron chi connectivity index (χ0n) is 8.14. The third-order valence-corrected chi connectivity index (χ3v) is 3.52. The Kier molecular flexibility index (Phi) is 3.77. The van der Waals surface area contributed by atoms with Crippen LogP contribution in [0.3, 0.4) is 0 Å². The van der Waals surface area contributed by atoms with Gasteiger partial charge in [-0.15, -0.1) is 11.3 Å². The predicted octanol–water partition coefficient (Wildman–Crippen LogP) is 3.32. The number of hydrogen-bond donors (Lipinski definition) is 1. The highest BCUT2D eigenvalue weighted by molar-refractivity contribution is 7.16. The first kappa shape index (κ1) is 11.0. The van der Waals surface area contributed by atoms with Gasteiger partial charge in [0.25, 0.3) is 0 Å². The first-order chi connectivity index (χ1) is 6.03. The molecule has 1 aromatic heterocycles. The fourth-order valence-electron chi connectivity index (χ4n) is 1.05. The van der Waals surface area contributed by atoms with E-state index in [9.17, 15) is 0 Å². The lowest BCUT2D eigenvalue weighted by atomic mass is 9.88. The molecular weight excluding hydrogens is 202 g/mol. The molecule has 0 saturated heterocycles. The molecule has 13 heavy (non-hydrogen) atoms. The van der Waals surface area contributed by atoms with Gasteiger partial charge in [0.2, 0.25) is 0 Å². The maximum atomic E-state index is 5.84.